The summed E-state index contributed by atoms with van der Waals surface area (Å²) in [5.74, 6) is -15.9. The molecule has 4 saturated heterocycles. The Hall–Kier alpha value is -11.5. The maximum absolute atomic E-state index is 16.9. The van der Waals surface area contributed by atoms with E-state index in [1.165, 1.54) is 62.4 Å². The molecule has 10 aliphatic heterocycles. The minimum absolute atomic E-state index is 0.0366. The van der Waals surface area contributed by atoms with E-state index in [0.29, 0.717) is 0 Å². The summed E-state index contributed by atoms with van der Waals surface area (Å²) in [6.45, 7) is 0.0311. The van der Waals surface area contributed by atoms with Crippen LogP contribution in [0.15, 0.2) is 115 Å². The number of carbonyl (C=O) groups excluding carboxylic acids is 7. The van der Waals surface area contributed by atoms with Gasteiger partial charge in [-0.2, -0.15) is 0 Å². The molecule has 6 amide bonds. The Labute approximate surface area is 729 Å². The molecule has 10 heterocycles. The van der Waals surface area contributed by atoms with E-state index in [1.807, 2.05) is 0 Å². The van der Waals surface area contributed by atoms with Gasteiger partial charge in [-0.05, 0) is 126 Å². The number of esters is 1. The summed E-state index contributed by atoms with van der Waals surface area (Å²) in [6, 6.07) is 5.81. The van der Waals surface area contributed by atoms with Crippen molar-refractivity contribution in [1.29, 1.82) is 0 Å². The van der Waals surface area contributed by atoms with Crippen molar-refractivity contribution in [2.24, 2.45) is 11.5 Å². The summed E-state index contributed by atoms with van der Waals surface area (Å²) in [7, 11) is 0.893. The number of hydrogen-bond donors (Lipinski definition) is 24. The molecule has 17 bridgehead atoms. The summed E-state index contributed by atoms with van der Waals surface area (Å²) < 4.78 is 74.0. The first kappa shape index (κ1) is 91.3. The average Bonchev–Trinajstić information content (AvgIpc) is 0.756. The molecule has 128 heavy (non-hydrogen) atoms. The van der Waals surface area contributed by atoms with E-state index in [0.717, 1.165) is 73.8 Å². The summed E-state index contributed by atoms with van der Waals surface area (Å²) >= 11 is 7.42. The van der Waals surface area contributed by atoms with Crippen molar-refractivity contribution in [1.82, 2.24) is 31.9 Å². The number of amides is 6. The number of aromatic hydroxyl groups is 4. The lowest BCUT2D eigenvalue weighted by atomic mass is 9.89. The van der Waals surface area contributed by atoms with Crippen LogP contribution in [0.3, 0.4) is 0 Å². The first-order valence-corrected chi connectivity index (χ1v) is 40.5. The maximum Gasteiger partial charge on any atom is 0.333 e. The second-order valence-electron chi connectivity index (χ2n) is 31.8. The zero-order valence-electron chi connectivity index (χ0n) is 67.5. The molecule has 27 atom stereocenters. The highest BCUT2D eigenvalue weighted by Crippen LogP contribution is 2.51. The highest BCUT2D eigenvalue weighted by atomic mass is 35.5. The van der Waals surface area contributed by atoms with Crippen LogP contribution in [0.2, 0.25) is 5.02 Å². The Morgan fingerprint density at radius 1 is 0.500 bits per heavy atom. The Morgan fingerprint density at radius 3 is 1.70 bits per heavy atom. The van der Waals surface area contributed by atoms with Gasteiger partial charge in [-0.1, -0.05) is 41.9 Å². The van der Waals surface area contributed by atoms with Gasteiger partial charge in [0.15, 0.2) is 41.6 Å². The Morgan fingerprint density at radius 2 is 1.05 bits per heavy atom. The summed E-state index contributed by atoms with van der Waals surface area (Å²) in [4.78, 5) is 111. The van der Waals surface area contributed by atoms with Crippen molar-refractivity contribution in [3.05, 3.63) is 165 Å². The fourth-order valence-electron chi connectivity index (χ4n) is 16.0. The number of halogens is 1. The van der Waals surface area contributed by atoms with Crippen molar-refractivity contribution >= 4 is 53.0 Å². The highest BCUT2D eigenvalue weighted by molar-refractivity contribution is 6.32. The minimum Gasteiger partial charge on any atom is -0.508 e. The van der Waals surface area contributed by atoms with Gasteiger partial charge < -0.3 is 182 Å². The number of phenolic OH excluding ortho intramolecular Hbond substituents is 4. The molecule has 0 aliphatic carbocycles. The fraction of sp³-hybridized carbons (Fsp3) is 0.417. The van der Waals surface area contributed by atoms with Crippen molar-refractivity contribution in [2.75, 3.05) is 26.9 Å². The van der Waals surface area contributed by atoms with Gasteiger partial charge in [-0.15, -0.1) is 0 Å². The summed E-state index contributed by atoms with van der Waals surface area (Å²) in [6.07, 6.45) is -36.9. The molecule has 10 aliphatic rings. The first-order valence-electron chi connectivity index (χ1n) is 40.1. The number of carbonyl (C=O) groups is 7. The molecule has 9 unspecified atom stereocenters. The second kappa shape index (κ2) is 37.3. The molecule has 7 aromatic rings. The van der Waals surface area contributed by atoms with E-state index in [1.54, 1.807) is 0 Å². The number of rotatable bonds is 12. The monoisotopic (exact) mass is 1810 g/mol. The molecular weight excluding hydrogens is 1720 g/mol. The number of aliphatic hydroxyl groups excluding tert-OH is 12. The third-order valence-corrected chi connectivity index (χ3v) is 23.6. The Bertz CT molecular complexity index is 5390. The van der Waals surface area contributed by atoms with E-state index in [9.17, 15) is 91.3 Å². The fourth-order valence-corrected chi connectivity index (χ4v) is 16.2. The predicted octanol–water partition coefficient (Wildman–Crippen LogP) is -2.65. The van der Waals surface area contributed by atoms with Crippen LogP contribution in [0, 0.1) is 6.92 Å². The van der Waals surface area contributed by atoms with Gasteiger partial charge in [-0.3, -0.25) is 28.8 Å². The molecule has 0 saturated carbocycles. The summed E-state index contributed by atoms with van der Waals surface area (Å²) in [5.41, 5.74) is 10.2. The van der Waals surface area contributed by atoms with Gasteiger partial charge in [0.2, 0.25) is 53.8 Å². The SMILES string of the molecule is COC(=O)C1NC(=O)C2NC(=O)C(NC(=O)C3NC(=O)C4NC(=O)C(Cc5ccc(cc5)Oc5cc3cc(c5O[C@@H]3O[C@H](CO[C@H]5O[C@H](CO)[C@@H](O)[C@H](O)[C@@H]5O)[C@@H](O)[C@H](O)[C@H]3O)Oc3ccc(cc3Cl)C2OC2C[C@@H](N)[C@@H](O)[C@H](C)O2)NC(=O)C(N)c2ccc(O)c(c2)Oc2cc4cc(O)c2C)c2ccc(O)c(c2)-c2c(O[C@@H]3O[C@H](CO)[C@@H](O)[C@H](O)[C@@H]3O)cc(O)cc21. The number of benzene rings is 7. The van der Waals surface area contributed by atoms with Crippen LogP contribution in [-0.4, -0.2) is 279 Å². The molecule has 17 rings (SSSR count). The largest absolute Gasteiger partial charge is 0.508 e. The zero-order valence-corrected chi connectivity index (χ0v) is 68.3. The number of methoxy groups -OCH3 is 1. The topological polar surface area (TPSA) is 678 Å². The van der Waals surface area contributed by atoms with Crippen LogP contribution in [0.4, 0.5) is 0 Å². The third-order valence-electron chi connectivity index (χ3n) is 23.3. The number of ether oxygens (including phenoxy) is 12. The normalized spacial score (nSPS) is 32.5. The number of nitrogens with one attached hydrogen (secondary N) is 6. The maximum atomic E-state index is 16.9. The van der Waals surface area contributed by atoms with Gasteiger partial charge in [0.25, 0.3) is 0 Å². The van der Waals surface area contributed by atoms with Gasteiger partial charge in [-0.25, -0.2) is 4.79 Å². The zero-order chi connectivity index (χ0) is 91.6. The van der Waals surface area contributed by atoms with Crippen LogP contribution in [0.1, 0.15) is 94.2 Å². The Balaban J connectivity index is 0.967. The molecule has 26 N–H and O–H groups in total. The number of hydrogen-bond acceptors (Lipinski definition) is 37. The molecule has 44 heteroatoms. The quantitative estimate of drug-likeness (QED) is 0.0556. The number of phenols is 4. The van der Waals surface area contributed by atoms with E-state index in [-0.39, 0.29) is 51.5 Å². The Kier molecular flexibility index (Phi) is 26.6. The highest BCUT2D eigenvalue weighted by Gasteiger charge is 2.52. The molecule has 43 nitrogen and oxygen atoms in total. The van der Waals surface area contributed by atoms with E-state index in [2.05, 4.69) is 31.9 Å². The van der Waals surface area contributed by atoms with Crippen molar-refractivity contribution in [2.45, 2.75) is 192 Å². The standard InChI is InChI=1S/C84H91ClN8O35/c1-28-45(99)17-34-19-47(28)122-48-18-31(6-12-44(48)98)57(87)76(111)88-42-14-30-4-9-37(10-5-30)120-50-20-35-21-51(74(50)128-84-72(109)69(106)66(103)54(126-84)27-118-82-70(107)67(104)64(101)52(25-94)124-82)121-46-13-8-33(16-40(46)85)73(127-55-24-41(86)63(100)29(2)119-55)62-80(115)92-61(81(116)117-3)39-22-36(96)23-49(123-83-71(108)68(105)65(102)53(26-95)125-83)56(39)38-15-32(7-11-43(38)97)58(77(112)93-62)90-79(114)60(35)91-78(113)59(34)89-75(42)110/h4-13,15-23,29,41-42,52-55,57-73,82-84,94-109H,14,24-27,86-87H2,1-3H3,(H,88,111)(H,89,110)(H,90,114)(H,91,113)(H,92,115)(H,93,112)/t29-,41+,42?,52+,53+,54+,55?,57?,58?,59?,60?,61?,62?,63-,64+,65+,66+,67-,68-,69-,70-,71-,72+,73?,82-,83+,84-/m0/s1. The van der Waals surface area contributed by atoms with Gasteiger partial charge in [0.05, 0.1) is 44.2 Å². The van der Waals surface area contributed by atoms with E-state index in [4.69, 9.17) is 79.9 Å². The number of fused-ring (bicyclic) bond motifs is 14. The first-order chi connectivity index (χ1) is 61.0. The van der Waals surface area contributed by atoms with Crippen LogP contribution in [-0.2, 0) is 73.1 Å². The van der Waals surface area contributed by atoms with Gasteiger partial charge >= 0.3 is 5.97 Å². The van der Waals surface area contributed by atoms with Crippen LogP contribution in [0.5, 0.6) is 69.0 Å². The summed E-state index contributed by atoms with van der Waals surface area (Å²) in [5, 5.41) is 195. The minimum atomic E-state index is -2.46. The lowest BCUT2D eigenvalue weighted by molar-refractivity contribution is -0.323. The van der Waals surface area contributed by atoms with Gasteiger partial charge in [0.1, 0.15) is 156 Å². The predicted molar refractivity (Wildman–Crippen MR) is 429 cm³/mol. The lowest BCUT2D eigenvalue weighted by Gasteiger charge is -2.42. The van der Waals surface area contributed by atoms with E-state index >= 15 is 24.0 Å². The average molecular weight is 1810 g/mol. The second-order valence-corrected chi connectivity index (χ2v) is 32.2. The lowest BCUT2D eigenvalue weighted by Crippen LogP contribution is -2.62. The molecular formula is C84H91ClN8O35. The molecule has 4 fully saturated rings. The van der Waals surface area contributed by atoms with Crippen LogP contribution >= 0.6 is 11.6 Å². The third kappa shape index (κ3) is 18.2. The van der Waals surface area contributed by atoms with Gasteiger partial charge in [0, 0.05) is 47.2 Å². The molecule has 0 aromatic heterocycles. The van der Waals surface area contributed by atoms with Crippen LogP contribution < -0.4 is 67.1 Å². The molecule has 7 aromatic carbocycles. The van der Waals surface area contributed by atoms with Crippen molar-refractivity contribution in [3.8, 4) is 80.1 Å². The smallest absolute Gasteiger partial charge is 0.333 e. The molecule has 0 spiro atoms. The number of nitrogens with two attached hydrogens (primary N) is 2. The van der Waals surface area contributed by atoms with E-state index < -0.39 is 317 Å². The number of aliphatic hydroxyl groups is 12. The van der Waals surface area contributed by atoms with Crippen LogP contribution in [0.25, 0.3) is 11.1 Å². The van der Waals surface area contributed by atoms with Crippen molar-refractivity contribution < 1.29 is 172 Å². The van der Waals surface area contributed by atoms with Crippen molar-refractivity contribution in [3.63, 3.8) is 0 Å². The molecule has 684 valence electrons. The molecule has 0 radical (unpaired) electrons.